The summed E-state index contributed by atoms with van der Waals surface area (Å²) in [7, 11) is 0. The van der Waals surface area contributed by atoms with Crippen LogP contribution >= 0.6 is 34.5 Å². The predicted octanol–water partition coefficient (Wildman–Crippen LogP) is 6.53. The van der Waals surface area contributed by atoms with Crippen molar-refractivity contribution in [2.45, 2.75) is 33.0 Å². The van der Waals surface area contributed by atoms with Gasteiger partial charge in [-0.05, 0) is 49.1 Å². The van der Waals surface area contributed by atoms with Crippen LogP contribution in [0.3, 0.4) is 0 Å². The van der Waals surface area contributed by atoms with Crippen LogP contribution in [0.15, 0.2) is 66.0 Å². The van der Waals surface area contributed by atoms with Crippen LogP contribution in [0, 0.1) is 0 Å². The van der Waals surface area contributed by atoms with Crippen molar-refractivity contribution in [2.75, 3.05) is 11.9 Å². The van der Waals surface area contributed by atoms with Gasteiger partial charge in [0.05, 0.1) is 16.6 Å². The molecule has 32 heavy (non-hydrogen) atoms. The zero-order chi connectivity index (χ0) is 23.1. The van der Waals surface area contributed by atoms with Gasteiger partial charge >= 0.3 is 6.03 Å². The zero-order valence-electron chi connectivity index (χ0n) is 17.9. The maximum Gasteiger partial charge on any atom is 0.322 e. The lowest BCUT2D eigenvalue weighted by Crippen LogP contribution is -2.47. The van der Waals surface area contributed by atoms with E-state index < -0.39 is 0 Å². The molecule has 5 nitrogen and oxygen atoms in total. The van der Waals surface area contributed by atoms with Crippen molar-refractivity contribution in [1.29, 1.82) is 0 Å². The molecular weight excluding hydrogens is 465 g/mol. The fourth-order valence-electron chi connectivity index (χ4n) is 3.13. The van der Waals surface area contributed by atoms with Crippen molar-refractivity contribution in [3.63, 3.8) is 0 Å². The molecule has 168 valence electrons. The number of nitrogens with zero attached hydrogens (tertiary/aromatic N) is 2. The second-order valence-electron chi connectivity index (χ2n) is 7.60. The molecule has 0 radical (unpaired) electrons. The van der Waals surface area contributed by atoms with E-state index in [2.05, 4.69) is 5.32 Å². The third-order valence-corrected chi connectivity index (χ3v) is 6.46. The van der Waals surface area contributed by atoms with E-state index in [4.69, 9.17) is 23.2 Å². The first-order valence-corrected chi connectivity index (χ1v) is 11.8. The maximum atomic E-state index is 13.3. The van der Waals surface area contributed by atoms with Gasteiger partial charge in [0.25, 0.3) is 0 Å². The number of benzene rings is 2. The first-order valence-electron chi connectivity index (χ1n) is 10.2. The Labute approximate surface area is 202 Å². The van der Waals surface area contributed by atoms with E-state index in [1.54, 1.807) is 34.4 Å². The first-order chi connectivity index (χ1) is 15.3. The molecule has 1 N–H and O–H groups in total. The number of carbonyl (C=O) groups is 2. The molecule has 2 aromatic carbocycles. The molecule has 3 aromatic rings. The molecule has 0 aliphatic carbocycles. The highest BCUT2D eigenvalue weighted by atomic mass is 35.5. The molecule has 0 bridgehead atoms. The van der Waals surface area contributed by atoms with Gasteiger partial charge in [0.1, 0.15) is 6.54 Å². The Balaban J connectivity index is 1.74. The minimum absolute atomic E-state index is 0.0387. The topological polar surface area (TPSA) is 52.7 Å². The summed E-state index contributed by atoms with van der Waals surface area (Å²) in [5.74, 6) is -0.125. The lowest BCUT2D eigenvalue weighted by molar-refractivity contribution is -0.133. The summed E-state index contributed by atoms with van der Waals surface area (Å²) in [5.41, 5.74) is 1.55. The molecule has 0 unspecified atom stereocenters. The molecular formula is C24H25Cl2N3O2S. The molecule has 3 rings (SSSR count). The minimum atomic E-state index is -0.373. The van der Waals surface area contributed by atoms with Crippen LogP contribution < -0.4 is 5.32 Å². The van der Waals surface area contributed by atoms with Crippen LogP contribution in [0.1, 0.15) is 24.3 Å². The van der Waals surface area contributed by atoms with Gasteiger partial charge in [-0.25, -0.2) is 4.79 Å². The number of urea groups is 1. The van der Waals surface area contributed by atoms with Crippen LogP contribution in [-0.2, 0) is 17.9 Å². The molecule has 1 heterocycles. The number of hydrogen-bond donors (Lipinski definition) is 1. The summed E-state index contributed by atoms with van der Waals surface area (Å²) in [6, 6.07) is 18.1. The van der Waals surface area contributed by atoms with Crippen molar-refractivity contribution >= 4 is 52.2 Å². The fraction of sp³-hybridized carbons (Fsp3) is 0.250. The molecule has 0 atom stereocenters. The number of hydrogen-bond acceptors (Lipinski definition) is 3. The van der Waals surface area contributed by atoms with E-state index in [9.17, 15) is 9.59 Å². The monoisotopic (exact) mass is 489 g/mol. The van der Waals surface area contributed by atoms with Gasteiger partial charge in [0.15, 0.2) is 0 Å². The highest BCUT2D eigenvalue weighted by Crippen LogP contribution is 2.25. The average molecular weight is 490 g/mol. The molecule has 0 fully saturated rings. The van der Waals surface area contributed by atoms with Gasteiger partial charge in [-0.3, -0.25) is 4.79 Å². The van der Waals surface area contributed by atoms with Gasteiger partial charge in [0, 0.05) is 23.2 Å². The van der Waals surface area contributed by atoms with Gasteiger partial charge in [-0.1, -0.05) is 59.6 Å². The Kier molecular flexibility index (Phi) is 8.56. The second kappa shape index (κ2) is 11.4. The van der Waals surface area contributed by atoms with E-state index in [0.717, 1.165) is 10.4 Å². The maximum absolute atomic E-state index is 13.3. The predicted molar refractivity (Wildman–Crippen MR) is 132 cm³/mol. The summed E-state index contributed by atoms with van der Waals surface area (Å²) >= 11 is 13.6. The molecule has 3 amide bonds. The van der Waals surface area contributed by atoms with E-state index in [1.165, 1.54) is 4.90 Å². The molecule has 1 aromatic heterocycles. The Morgan fingerprint density at radius 1 is 0.969 bits per heavy atom. The summed E-state index contributed by atoms with van der Waals surface area (Å²) in [6.45, 7) is 4.68. The van der Waals surface area contributed by atoms with Gasteiger partial charge in [-0.15, -0.1) is 11.3 Å². The van der Waals surface area contributed by atoms with Crippen molar-refractivity contribution in [3.8, 4) is 0 Å². The molecule has 0 saturated heterocycles. The van der Waals surface area contributed by atoms with Crippen LogP contribution in [0.5, 0.6) is 0 Å². The van der Waals surface area contributed by atoms with E-state index >= 15 is 0 Å². The Morgan fingerprint density at radius 3 is 2.34 bits per heavy atom. The third kappa shape index (κ3) is 6.73. The molecule has 0 aliphatic rings. The minimum Gasteiger partial charge on any atom is -0.332 e. The number of amides is 3. The lowest BCUT2D eigenvalue weighted by Gasteiger charge is -2.30. The third-order valence-electron chi connectivity index (χ3n) is 4.86. The van der Waals surface area contributed by atoms with Crippen molar-refractivity contribution in [2.24, 2.45) is 0 Å². The largest absolute Gasteiger partial charge is 0.332 e. The van der Waals surface area contributed by atoms with Gasteiger partial charge < -0.3 is 15.1 Å². The van der Waals surface area contributed by atoms with E-state index in [1.807, 2.05) is 61.7 Å². The Morgan fingerprint density at radius 2 is 1.72 bits per heavy atom. The molecule has 0 spiro atoms. The number of thiophene rings is 1. The molecule has 8 heteroatoms. The van der Waals surface area contributed by atoms with Crippen LogP contribution in [0.4, 0.5) is 10.5 Å². The van der Waals surface area contributed by atoms with Crippen LogP contribution in [0.25, 0.3) is 0 Å². The number of rotatable bonds is 8. The summed E-state index contributed by atoms with van der Waals surface area (Å²) in [6.07, 6.45) is 0. The summed E-state index contributed by atoms with van der Waals surface area (Å²) in [5, 5.41) is 5.55. The van der Waals surface area contributed by atoms with Gasteiger partial charge in [0.2, 0.25) is 5.91 Å². The van der Waals surface area contributed by atoms with Crippen LogP contribution in [-0.4, -0.2) is 34.3 Å². The van der Waals surface area contributed by atoms with Crippen molar-refractivity contribution < 1.29 is 9.59 Å². The van der Waals surface area contributed by atoms with Crippen LogP contribution in [0.2, 0.25) is 10.0 Å². The second-order valence-corrected chi connectivity index (χ2v) is 9.44. The van der Waals surface area contributed by atoms with Crippen molar-refractivity contribution in [3.05, 3.63) is 86.5 Å². The smallest absolute Gasteiger partial charge is 0.322 e. The SMILES string of the molecule is CC(C)N(CC(=O)N(Cc1ccccc1)Cc1cccs1)C(=O)Nc1ccc(Cl)c(Cl)c1. The standard InChI is InChI=1S/C24H25Cl2N3O2S/c1-17(2)29(24(31)27-19-10-11-21(25)22(26)13-19)16-23(30)28(15-20-9-6-12-32-20)14-18-7-4-3-5-8-18/h3-13,17H,14-16H2,1-2H3,(H,27,31). The van der Waals surface area contributed by atoms with Crippen molar-refractivity contribution in [1.82, 2.24) is 9.80 Å². The van der Waals surface area contributed by atoms with Gasteiger partial charge in [-0.2, -0.15) is 0 Å². The molecule has 0 saturated carbocycles. The number of anilines is 1. The summed E-state index contributed by atoms with van der Waals surface area (Å²) in [4.78, 5) is 30.6. The lowest BCUT2D eigenvalue weighted by atomic mass is 10.2. The number of halogens is 2. The zero-order valence-corrected chi connectivity index (χ0v) is 20.3. The number of carbonyl (C=O) groups excluding carboxylic acids is 2. The first kappa shape index (κ1) is 24.1. The highest BCUT2D eigenvalue weighted by molar-refractivity contribution is 7.09. The normalized spacial score (nSPS) is 10.8. The summed E-state index contributed by atoms with van der Waals surface area (Å²) < 4.78 is 0. The highest BCUT2D eigenvalue weighted by Gasteiger charge is 2.24. The quantitative estimate of drug-likeness (QED) is 0.391. The average Bonchev–Trinajstić information content (AvgIpc) is 3.27. The van der Waals surface area contributed by atoms with E-state index in [-0.39, 0.29) is 24.5 Å². The Hall–Kier alpha value is -2.54. The van der Waals surface area contributed by atoms with E-state index in [0.29, 0.717) is 28.8 Å². The number of nitrogens with one attached hydrogen (secondary N) is 1. The Bertz CT molecular complexity index is 1040. The fourth-order valence-corrected chi connectivity index (χ4v) is 4.15. The molecule has 0 aliphatic heterocycles.